The maximum atomic E-state index is 13.7. The van der Waals surface area contributed by atoms with Gasteiger partial charge in [-0.3, -0.25) is 3.97 Å². The van der Waals surface area contributed by atoms with Crippen LogP contribution in [0.4, 0.5) is 4.39 Å². The molecule has 3 aromatic rings. The highest BCUT2D eigenvalue weighted by atomic mass is 127. The van der Waals surface area contributed by atoms with E-state index in [-0.39, 0.29) is 5.82 Å². The van der Waals surface area contributed by atoms with Gasteiger partial charge in [0.15, 0.2) is 5.65 Å². The van der Waals surface area contributed by atoms with Crippen molar-refractivity contribution in [3.63, 3.8) is 0 Å². The summed E-state index contributed by atoms with van der Waals surface area (Å²) in [5.74, 6) is -0.258. The molecule has 3 nitrogen and oxygen atoms in total. The Morgan fingerprint density at radius 3 is 2.91 bits per heavy atom. The summed E-state index contributed by atoms with van der Waals surface area (Å²) in [7, 11) is 3.18. The zero-order chi connectivity index (χ0) is 15.7. The van der Waals surface area contributed by atoms with Crippen LogP contribution < -0.4 is 0 Å². The van der Waals surface area contributed by atoms with Gasteiger partial charge in [0.25, 0.3) is 0 Å². The van der Waals surface area contributed by atoms with E-state index in [0.29, 0.717) is 6.61 Å². The van der Waals surface area contributed by atoms with Crippen molar-refractivity contribution in [3.8, 4) is 11.1 Å². The molecule has 0 fully saturated rings. The van der Waals surface area contributed by atoms with Crippen LogP contribution in [0.15, 0.2) is 41.0 Å². The largest absolute Gasteiger partial charge is 0.378 e. The maximum absolute atomic E-state index is 13.7. The van der Waals surface area contributed by atoms with Gasteiger partial charge in [-0.15, -0.1) is 0 Å². The Hall–Kier alpha value is -0.640. The Balaban J connectivity index is 2.39. The zero-order valence-corrected chi connectivity index (χ0v) is 16.1. The standard InChI is InChI=1S/C15H11BrFIN2OS/c1-21-8-13-14(9-3-2-4-11(17)5-9)12-6-10(16)7-19-15(12)20(13)22-18/h2-7H,8H2,1H3. The smallest absolute Gasteiger partial charge is 0.151 e. The first kappa shape index (κ1) is 16.2. The number of pyridine rings is 1. The lowest BCUT2D eigenvalue weighted by molar-refractivity contribution is 0.182. The molecule has 3 rings (SSSR count). The van der Waals surface area contributed by atoms with E-state index in [9.17, 15) is 4.39 Å². The molecule has 0 aliphatic rings. The highest BCUT2D eigenvalue weighted by molar-refractivity contribution is 14.2. The van der Waals surface area contributed by atoms with Crippen molar-refractivity contribution in [3.05, 3.63) is 52.5 Å². The van der Waals surface area contributed by atoms with Gasteiger partial charge in [0, 0.05) is 59.1 Å². The average Bonchev–Trinajstić information content (AvgIpc) is 2.80. The maximum Gasteiger partial charge on any atom is 0.151 e. The summed E-state index contributed by atoms with van der Waals surface area (Å²) in [6, 6.07) is 8.61. The molecule has 0 atom stereocenters. The van der Waals surface area contributed by atoms with Gasteiger partial charge in [0.2, 0.25) is 0 Å². The third kappa shape index (κ3) is 2.91. The Labute approximate surface area is 152 Å². The fraction of sp³-hybridized carbons (Fsp3) is 0.133. The molecule has 0 amide bonds. The molecular weight excluding hydrogens is 482 g/mol. The topological polar surface area (TPSA) is 27.1 Å². The second kappa shape index (κ2) is 6.86. The second-order valence-electron chi connectivity index (χ2n) is 4.65. The molecule has 0 N–H and O–H groups in total. The van der Waals surface area contributed by atoms with E-state index in [2.05, 4.69) is 42.1 Å². The van der Waals surface area contributed by atoms with Gasteiger partial charge in [-0.25, -0.2) is 9.37 Å². The van der Waals surface area contributed by atoms with E-state index < -0.39 is 0 Å². The van der Waals surface area contributed by atoms with E-state index in [1.807, 2.05) is 16.1 Å². The van der Waals surface area contributed by atoms with Crippen LogP contribution in [0, 0.1) is 5.82 Å². The van der Waals surface area contributed by atoms with Crippen molar-refractivity contribution >= 4 is 57.3 Å². The summed E-state index contributed by atoms with van der Waals surface area (Å²) in [6.07, 6.45) is 1.76. The van der Waals surface area contributed by atoms with Gasteiger partial charge in [-0.1, -0.05) is 12.1 Å². The van der Waals surface area contributed by atoms with Crippen LogP contribution in [0.3, 0.4) is 0 Å². The predicted octanol–water partition coefficient (Wildman–Crippen LogP) is 5.60. The molecule has 0 unspecified atom stereocenters. The monoisotopic (exact) mass is 492 g/mol. The Kier molecular flexibility index (Phi) is 5.06. The molecule has 7 heteroatoms. The van der Waals surface area contributed by atoms with Gasteiger partial charge >= 0.3 is 0 Å². The molecule has 0 saturated carbocycles. The van der Waals surface area contributed by atoms with Gasteiger partial charge in [0.1, 0.15) is 5.82 Å². The fourth-order valence-corrected chi connectivity index (χ4v) is 4.51. The molecule has 2 aromatic heterocycles. The lowest BCUT2D eigenvalue weighted by Gasteiger charge is -2.07. The molecule has 0 aliphatic carbocycles. The SMILES string of the molecule is COCc1c(-c2cccc(F)c2)c2cc(Br)cnc2n1SI. The lowest BCUT2D eigenvalue weighted by atomic mass is 10.0. The van der Waals surface area contributed by atoms with Crippen LogP contribution in [0.1, 0.15) is 5.69 Å². The lowest BCUT2D eigenvalue weighted by Crippen LogP contribution is -1.97. The minimum absolute atomic E-state index is 0.258. The Bertz CT molecular complexity index is 840. The van der Waals surface area contributed by atoms with Crippen LogP contribution >= 0.6 is 46.3 Å². The number of nitrogens with zero attached hydrogens (tertiary/aromatic N) is 2. The minimum atomic E-state index is -0.258. The zero-order valence-electron chi connectivity index (χ0n) is 11.5. The third-order valence-corrected chi connectivity index (χ3v) is 5.44. The molecular formula is C15H11BrFIN2OS. The predicted molar refractivity (Wildman–Crippen MR) is 101 cm³/mol. The average molecular weight is 493 g/mol. The molecule has 0 saturated heterocycles. The summed E-state index contributed by atoms with van der Waals surface area (Å²) in [5, 5.41) is 0.969. The number of benzene rings is 1. The van der Waals surface area contributed by atoms with Gasteiger partial charge in [-0.05, 0) is 39.7 Å². The van der Waals surface area contributed by atoms with Gasteiger partial charge < -0.3 is 4.74 Å². The van der Waals surface area contributed by atoms with E-state index >= 15 is 0 Å². The summed E-state index contributed by atoms with van der Waals surface area (Å²) in [6.45, 7) is 0.426. The van der Waals surface area contributed by atoms with E-state index in [0.717, 1.165) is 32.3 Å². The highest BCUT2D eigenvalue weighted by Gasteiger charge is 2.20. The summed E-state index contributed by atoms with van der Waals surface area (Å²) >= 11 is 5.68. The van der Waals surface area contributed by atoms with Crippen molar-refractivity contribution in [2.45, 2.75) is 6.61 Å². The molecule has 0 spiro atoms. The molecule has 0 bridgehead atoms. The number of hydrogen-bond acceptors (Lipinski definition) is 3. The number of methoxy groups -OCH3 is 1. The van der Waals surface area contributed by atoms with Crippen LogP contribution in [-0.4, -0.2) is 16.1 Å². The van der Waals surface area contributed by atoms with Gasteiger partial charge in [0.05, 0.1) is 12.3 Å². The van der Waals surface area contributed by atoms with E-state index in [1.54, 1.807) is 19.4 Å². The van der Waals surface area contributed by atoms with Gasteiger partial charge in [-0.2, -0.15) is 0 Å². The molecule has 2 heterocycles. The number of ether oxygens (including phenoxy) is 1. The van der Waals surface area contributed by atoms with Crippen LogP contribution in [-0.2, 0) is 11.3 Å². The molecule has 0 radical (unpaired) electrons. The first-order valence-corrected chi connectivity index (χ1v) is 10.5. The number of halogens is 3. The number of fused-ring (bicyclic) bond motifs is 1. The molecule has 1 aromatic carbocycles. The van der Waals surface area contributed by atoms with Crippen LogP contribution in [0.2, 0.25) is 0 Å². The van der Waals surface area contributed by atoms with Crippen LogP contribution in [0.5, 0.6) is 0 Å². The Morgan fingerprint density at radius 2 is 2.23 bits per heavy atom. The number of hydrogen-bond donors (Lipinski definition) is 0. The summed E-state index contributed by atoms with van der Waals surface area (Å²) in [4.78, 5) is 4.50. The first-order valence-electron chi connectivity index (χ1n) is 6.38. The highest BCUT2D eigenvalue weighted by Crippen LogP contribution is 2.39. The third-order valence-electron chi connectivity index (χ3n) is 3.29. The van der Waals surface area contributed by atoms with Crippen molar-refractivity contribution in [1.82, 2.24) is 8.96 Å². The van der Waals surface area contributed by atoms with E-state index in [4.69, 9.17) is 4.74 Å². The van der Waals surface area contributed by atoms with E-state index in [1.165, 1.54) is 21.3 Å². The van der Waals surface area contributed by atoms with Crippen molar-refractivity contribution in [1.29, 1.82) is 0 Å². The summed E-state index contributed by atoms with van der Waals surface area (Å²) in [5.41, 5.74) is 3.58. The quantitative estimate of drug-likeness (QED) is 0.444. The fourth-order valence-electron chi connectivity index (χ4n) is 2.47. The van der Waals surface area contributed by atoms with Crippen molar-refractivity contribution in [2.75, 3.05) is 7.11 Å². The van der Waals surface area contributed by atoms with Crippen LogP contribution in [0.25, 0.3) is 22.2 Å². The normalized spacial score (nSPS) is 11.3. The first-order chi connectivity index (χ1) is 10.7. The molecule has 0 aliphatic heterocycles. The Morgan fingerprint density at radius 1 is 1.41 bits per heavy atom. The number of rotatable bonds is 4. The van der Waals surface area contributed by atoms with Crippen molar-refractivity contribution in [2.24, 2.45) is 0 Å². The summed E-state index contributed by atoms with van der Waals surface area (Å²) < 4.78 is 21.9. The number of aromatic nitrogens is 2. The minimum Gasteiger partial charge on any atom is -0.378 e. The van der Waals surface area contributed by atoms with Crippen molar-refractivity contribution < 1.29 is 9.13 Å². The molecule has 114 valence electrons. The second-order valence-corrected chi connectivity index (χ2v) is 7.25. The molecule has 22 heavy (non-hydrogen) atoms.